The van der Waals surface area contributed by atoms with Gasteiger partial charge in [0.05, 0.1) is 16.6 Å². The summed E-state index contributed by atoms with van der Waals surface area (Å²) in [5.74, 6) is 0.613. The molecule has 0 aromatic heterocycles. The van der Waals surface area contributed by atoms with Gasteiger partial charge in [-0.15, -0.1) is 0 Å². The number of nitrogens with zero attached hydrogens (tertiary/aromatic N) is 2. The number of carbonyl (C=O) groups excluding carboxylic acids is 2. The minimum atomic E-state index is -0.338. The van der Waals surface area contributed by atoms with Gasteiger partial charge in [0.25, 0.3) is 5.91 Å². The number of likely N-dealkylation sites (tertiary alicyclic amines) is 2. The highest BCUT2D eigenvalue weighted by Gasteiger charge is 2.48. The molecule has 1 unspecified atom stereocenters. The van der Waals surface area contributed by atoms with Gasteiger partial charge < -0.3 is 15.0 Å². The molecule has 2 aromatic rings. The van der Waals surface area contributed by atoms with Crippen LogP contribution in [0.2, 0.25) is 10.0 Å². The van der Waals surface area contributed by atoms with Crippen molar-refractivity contribution >= 4 is 35.0 Å². The van der Waals surface area contributed by atoms with Gasteiger partial charge in [0.2, 0.25) is 5.91 Å². The van der Waals surface area contributed by atoms with Crippen LogP contribution >= 0.6 is 23.2 Å². The topological polar surface area (TPSA) is 61.9 Å². The average molecular weight is 474 g/mol. The molecule has 8 heteroatoms. The smallest absolute Gasteiger partial charge is 0.251 e. The van der Waals surface area contributed by atoms with Crippen LogP contribution in [0.15, 0.2) is 42.5 Å². The highest BCUT2D eigenvalue weighted by Crippen LogP contribution is 2.50. The van der Waals surface area contributed by atoms with Crippen molar-refractivity contribution < 1.29 is 14.3 Å². The van der Waals surface area contributed by atoms with E-state index in [1.165, 1.54) is 11.6 Å². The third-order valence-electron chi connectivity index (χ3n) is 6.90. The van der Waals surface area contributed by atoms with Gasteiger partial charge in [-0.25, -0.2) is 0 Å². The summed E-state index contributed by atoms with van der Waals surface area (Å²) < 4.78 is 6.14. The second-order valence-electron chi connectivity index (χ2n) is 8.72. The van der Waals surface area contributed by atoms with Gasteiger partial charge in [-0.05, 0) is 30.7 Å². The molecule has 32 heavy (non-hydrogen) atoms. The van der Waals surface area contributed by atoms with E-state index in [1.54, 1.807) is 12.1 Å². The molecule has 3 aliphatic heterocycles. The fourth-order valence-corrected chi connectivity index (χ4v) is 5.34. The number of hydrogen-bond donors (Lipinski definition) is 1. The van der Waals surface area contributed by atoms with Crippen molar-refractivity contribution in [1.82, 2.24) is 15.1 Å². The summed E-state index contributed by atoms with van der Waals surface area (Å²) in [6, 6.07) is 13.3. The van der Waals surface area contributed by atoms with E-state index in [9.17, 15) is 9.59 Å². The highest BCUT2D eigenvalue weighted by molar-refractivity contribution is 6.42. The molecule has 2 amide bonds. The van der Waals surface area contributed by atoms with Crippen molar-refractivity contribution in [3.8, 4) is 5.75 Å². The maximum Gasteiger partial charge on any atom is 0.251 e. The molecule has 3 aliphatic rings. The molecule has 1 atom stereocenters. The molecule has 0 aliphatic carbocycles. The summed E-state index contributed by atoms with van der Waals surface area (Å²) in [6.45, 7) is 3.32. The fraction of sp³-hybridized carbons (Fsp3) is 0.417. The second-order valence-corrected chi connectivity index (χ2v) is 9.54. The van der Waals surface area contributed by atoms with Crippen LogP contribution in [-0.2, 0) is 10.4 Å². The molecule has 2 aromatic carbocycles. The van der Waals surface area contributed by atoms with E-state index in [1.807, 2.05) is 17.0 Å². The van der Waals surface area contributed by atoms with E-state index in [4.69, 9.17) is 27.9 Å². The monoisotopic (exact) mass is 473 g/mol. The third kappa shape index (κ3) is 3.96. The first-order chi connectivity index (χ1) is 15.4. The lowest BCUT2D eigenvalue weighted by Gasteiger charge is -2.49. The maximum absolute atomic E-state index is 12.7. The number of nitrogens with one attached hydrogen (secondary N) is 1. The normalized spacial score (nSPS) is 21.6. The first-order valence-electron chi connectivity index (χ1n) is 11.0. The summed E-state index contributed by atoms with van der Waals surface area (Å²) in [5, 5.41) is 3.39. The minimum Gasteiger partial charge on any atom is -0.482 e. The van der Waals surface area contributed by atoms with E-state index < -0.39 is 0 Å². The van der Waals surface area contributed by atoms with Crippen LogP contribution in [0.4, 0.5) is 0 Å². The molecule has 3 heterocycles. The van der Waals surface area contributed by atoms with Crippen LogP contribution in [0.1, 0.15) is 35.2 Å². The zero-order valence-corrected chi connectivity index (χ0v) is 19.2. The lowest BCUT2D eigenvalue weighted by Crippen LogP contribution is -2.53. The molecule has 1 N–H and O–H groups in total. The van der Waals surface area contributed by atoms with Gasteiger partial charge in [0.1, 0.15) is 11.4 Å². The second kappa shape index (κ2) is 8.58. The zero-order chi connectivity index (χ0) is 22.3. The van der Waals surface area contributed by atoms with Gasteiger partial charge in [-0.3, -0.25) is 14.5 Å². The van der Waals surface area contributed by atoms with Gasteiger partial charge in [-0.2, -0.15) is 0 Å². The van der Waals surface area contributed by atoms with Gasteiger partial charge in [-0.1, -0.05) is 41.4 Å². The van der Waals surface area contributed by atoms with Crippen molar-refractivity contribution in [2.24, 2.45) is 0 Å². The molecule has 5 rings (SSSR count). The molecule has 0 radical (unpaired) electrons. The zero-order valence-electron chi connectivity index (χ0n) is 17.7. The van der Waals surface area contributed by atoms with Crippen molar-refractivity contribution in [3.05, 3.63) is 63.6 Å². The number of hydrogen-bond acceptors (Lipinski definition) is 4. The lowest BCUT2D eigenvalue weighted by atomic mass is 9.79. The standard InChI is InChI=1S/C24H25Cl2N3O3/c25-19-6-5-16(13-20(19)26)23(31)27-14-22(30)29-10-7-17(15-29)28-11-8-24(9-12-28)18-3-1-2-4-21(18)32-24/h1-6,13,17H,7-12,14-15H2,(H,27,31). The number of piperidine rings is 1. The number of amides is 2. The highest BCUT2D eigenvalue weighted by atomic mass is 35.5. The Labute approximate surface area is 197 Å². The van der Waals surface area contributed by atoms with Gasteiger partial charge in [0.15, 0.2) is 0 Å². The van der Waals surface area contributed by atoms with E-state index in [-0.39, 0.29) is 24.0 Å². The SMILES string of the molecule is O=C(NCC(=O)N1CCC(N2CCC3(CC2)Oc2ccccc23)C1)c1ccc(Cl)c(Cl)c1. The molecule has 6 nitrogen and oxygen atoms in total. The van der Waals surface area contributed by atoms with Crippen LogP contribution in [0.3, 0.4) is 0 Å². The summed E-state index contributed by atoms with van der Waals surface area (Å²) in [7, 11) is 0. The Kier molecular flexibility index (Phi) is 5.78. The van der Waals surface area contributed by atoms with Crippen LogP contribution < -0.4 is 10.1 Å². The Hall–Kier alpha value is -2.28. The molecule has 2 saturated heterocycles. The number of carbonyl (C=O) groups is 2. The van der Waals surface area contributed by atoms with Gasteiger partial charge >= 0.3 is 0 Å². The van der Waals surface area contributed by atoms with Crippen molar-refractivity contribution in [3.63, 3.8) is 0 Å². The maximum atomic E-state index is 12.7. The lowest BCUT2D eigenvalue weighted by molar-refractivity contribution is -0.129. The Bertz CT molecular complexity index is 1050. The van der Waals surface area contributed by atoms with Crippen LogP contribution in [0.25, 0.3) is 0 Å². The van der Waals surface area contributed by atoms with E-state index in [0.29, 0.717) is 34.7 Å². The van der Waals surface area contributed by atoms with Gasteiger partial charge in [0, 0.05) is 56.2 Å². The number of para-hydroxylation sites is 1. The average Bonchev–Trinajstić information content (AvgIpc) is 3.29. The summed E-state index contributed by atoms with van der Waals surface area (Å²) >= 11 is 11.9. The molecular weight excluding hydrogens is 449 g/mol. The Balaban J connectivity index is 1.10. The summed E-state index contributed by atoms with van der Waals surface area (Å²) in [6.07, 6.45) is 2.92. The molecule has 0 bridgehead atoms. The van der Waals surface area contributed by atoms with Crippen LogP contribution in [0.5, 0.6) is 5.75 Å². The van der Waals surface area contributed by atoms with E-state index in [0.717, 1.165) is 38.1 Å². The van der Waals surface area contributed by atoms with E-state index in [2.05, 4.69) is 22.3 Å². The van der Waals surface area contributed by atoms with Crippen molar-refractivity contribution in [2.75, 3.05) is 32.7 Å². The Morgan fingerprint density at radius 2 is 1.84 bits per heavy atom. The Morgan fingerprint density at radius 3 is 2.59 bits per heavy atom. The molecular formula is C24H25Cl2N3O3. The largest absolute Gasteiger partial charge is 0.482 e. The molecule has 1 spiro atoms. The number of rotatable bonds is 4. The minimum absolute atomic E-state index is 0.0282. The number of ether oxygens (including phenoxy) is 1. The molecule has 168 valence electrons. The quantitative estimate of drug-likeness (QED) is 0.734. The first kappa shape index (κ1) is 21.6. The number of fused-ring (bicyclic) bond motifs is 2. The van der Waals surface area contributed by atoms with Crippen molar-refractivity contribution in [1.29, 1.82) is 0 Å². The predicted molar refractivity (Wildman–Crippen MR) is 123 cm³/mol. The fourth-order valence-electron chi connectivity index (χ4n) is 5.05. The number of benzene rings is 2. The number of halogens is 2. The summed E-state index contributed by atoms with van der Waals surface area (Å²) in [4.78, 5) is 29.3. The van der Waals surface area contributed by atoms with E-state index >= 15 is 0 Å². The van der Waals surface area contributed by atoms with Crippen LogP contribution in [-0.4, -0.2) is 60.4 Å². The van der Waals surface area contributed by atoms with Crippen LogP contribution in [0, 0.1) is 0 Å². The third-order valence-corrected chi connectivity index (χ3v) is 7.64. The predicted octanol–water partition coefficient (Wildman–Crippen LogP) is 3.71. The van der Waals surface area contributed by atoms with Crippen molar-refractivity contribution in [2.45, 2.75) is 30.9 Å². The molecule has 0 saturated carbocycles. The Morgan fingerprint density at radius 1 is 1.06 bits per heavy atom. The molecule has 2 fully saturated rings. The first-order valence-corrected chi connectivity index (χ1v) is 11.7. The summed E-state index contributed by atoms with van der Waals surface area (Å²) in [5.41, 5.74) is 1.60.